The van der Waals surface area contributed by atoms with Gasteiger partial charge < -0.3 is 14.2 Å². The van der Waals surface area contributed by atoms with E-state index in [2.05, 4.69) is 81.5 Å². The molecule has 0 aromatic carbocycles. The fraction of sp³-hybridized carbons (Fsp3) is 0.803. The monoisotopic (exact) mass is 1010 g/mol. The van der Waals surface area contributed by atoms with Crippen LogP contribution in [0.25, 0.3) is 0 Å². The van der Waals surface area contributed by atoms with Crippen molar-refractivity contribution in [2.45, 2.75) is 329 Å². The maximum Gasteiger partial charge on any atom is 0.306 e. The molecule has 6 nitrogen and oxygen atoms in total. The number of esters is 3. The van der Waals surface area contributed by atoms with E-state index in [1.807, 2.05) is 0 Å². The molecule has 1 atom stereocenters. The van der Waals surface area contributed by atoms with Crippen molar-refractivity contribution in [2.75, 3.05) is 13.2 Å². The predicted octanol–water partition coefficient (Wildman–Crippen LogP) is 21.2. The molecule has 6 heteroatoms. The second-order valence-electron chi connectivity index (χ2n) is 21.0. The molecule has 0 saturated heterocycles. The van der Waals surface area contributed by atoms with E-state index in [1.165, 1.54) is 180 Å². The second kappa shape index (κ2) is 60.7. The zero-order chi connectivity index (χ0) is 52.2. The number of carbonyl (C=O) groups is 3. The molecule has 0 aliphatic heterocycles. The van der Waals surface area contributed by atoms with Crippen LogP contribution in [0, 0.1) is 0 Å². The lowest BCUT2D eigenvalue weighted by atomic mass is 10.0. The number of ether oxygens (including phenoxy) is 3. The maximum absolute atomic E-state index is 12.8. The molecule has 72 heavy (non-hydrogen) atoms. The van der Waals surface area contributed by atoms with Gasteiger partial charge in [-0.15, -0.1) is 0 Å². The Bertz CT molecular complexity index is 1290. The fourth-order valence-electron chi connectivity index (χ4n) is 9.02. The zero-order valence-corrected chi connectivity index (χ0v) is 47.9. The topological polar surface area (TPSA) is 78.9 Å². The molecule has 418 valence electrons. The SMILES string of the molecule is CCC/C=C\C/C=C\CCCCCCCC(=O)OC(COC(=O)CCCCCCCCCCCCCC)COC(=O)CCCCCCCCCCCCCCCC/C=C\C/C=C\C/C=C\CCCCCCC. The van der Waals surface area contributed by atoms with Gasteiger partial charge in [-0.1, -0.05) is 281 Å². The van der Waals surface area contributed by atoms with Crippen LogP contribution in [-0.2, 0) is 28.6 Å². The van der Waals surface area contributed by atoms with Crippen molar-refractivity contribution in [2.24, 2.45) is 0 Å². The lowest BCUT2D eigenvalue weighted by Gasteiger charge is -2.18. The van der Waals surface area contributed by atoms with Gasteiger partial charge in [-0.05, 0) is 83.5 Å². The third kappa shape index (κ3) is 58.0. The van der Waals surface area contributed by atoms with Crippen LogP contribution < -0.4 is 0 Å². The van der Waals surface area contributed by atoms with Gasteiger partial charge in [0.2, 0.25) is 0 Å². The van der Waals surface area contributed by atoms with E-state index in [1.54, 1.807) is 0 Å². The summed E-state index contributed by atoms with van der Waals surface area (Å²) in [4.78, 5) is 38.1. The van der Waals surface area contributed by atoms with Gasteiger partial charge in [0.05, 0.1) is 0 Å². The molecule has 0 fully saturated rings. The minimum Gasteiger partial charge on any atom is -0.462 e. The van der Waals surface area contributed by atoms with Crippen LogP contribution in [0.4, 0.5) is 0 Å². The first-order chi connectivity index (χ1) is 35.5. The van der Waals surface area contributed by atoms with E-state index in [0.717, 1.165) is 103 Å². The Hall–Kier alpha value is -2.89. The number of allylic oxidation sites excluding steroid dienone is 10. The number of carbonyl (C=O) groups excluding carboxylic acids is 3. The van der Waals surface area contributed by atoms with Crippen molar-refractivity contribution in [3.05, 3.63) is 60.8 Å². The number of hydrogen-bond donors (Lipinski definition) is 0. The fourth-order valence-corrected chi connectivity index (χ4v) is 9.02. The highest BCUT2D eigenvalue weighted by Crippen LogP contribution is 2.17. The Morgan fingerprint density at radius 1 is 0.278 bits per heavy atom. The molecule has 0 saturated carbocycles. The molecule has 1 unspecified atom stereocenters. The quantitative estimate of drug-likeness (QED) is 0.0261. The Labute approximate surface area is 447 Å². The molecule has 0 amide bonds. The standard InChI is InChI=1S/C66H118O6/c1-4-7-10-13-16-19-22-25-26-27-28-29-30-31-32-33-34-35-36-37-38-39-40-42-44-47-50-53-56-59-65(68)71-62-63(61-70-64(67)58-55-52-49-46-43-24-21-18-15-12-9-6-3)72-66(69)60-57-54-51-48-45-41-23-20-17-14-11-8-5-2/h11,14,20,22-23,25,27-28,30-31,63H,4-10,12-13,15-19,21,24,26,29,32-62H2,1-3H3/b14-11-,23-20-,25-22-,28-27-,31-30-. The summed E-state index contributed by atoms with van der Waals surface area (Å²) in [6.07, 6.45) is 76.6. The lowest BCUT2D eigenvalue weighted by molar-refractivity contribution is -0.167. The summed E-state index contributed by atoms with van der Waals surface area (Å²) in [7, 11) is 0. The first-order valence-corrected chi connectivity index (χ1v) is 31.3. The summed E-state index contributed by atoms with van der Waals surface area (Å²) >= 11 is 0. The number of rotatable bonds is 57. The molecule has 0 aromatic rings. The van der Waals surface area contributed by atoms with Crippen molar-refractivity contribution in [1.82, 2.24) is 0 Å². The van der Waals surface area contributed by atoms with Gasteiger partial charge in [0, 0.05) is 19.3 Å². The lowest BCUT2D eigenvalue weighted by Crippen LogP contribution is -2.30. The Morgan fingerprint density at radius 3 is 0.833 bits per heavy atom. The van der Waals surface area contributed by atoms with Crippen molar-refractivity contribution < 1.29 is 28.6 Å². The van der Waals surface area contributed by atoms with Crippen LogP contribution in [-0.4, -0.2) is 37.2 Å². The van der Waals surface area contributed by atoms with Crippen LogP contribution in [0.2, 0.25) is 0 Å². The van der Waals surface area contributed by atoms with Crippen LogP contribution in [0.1, 0.15) is 323 Å². The summed E-state index contributed by atoms with van der Waals surface area (Å²) in [5.74, 6) is -0.878. The molecule has 0 aromatic heterocycles. The van der Waals surface area contributed by atoms with Gasteiger partial charge in [-0.2, -0.15) is 0 Å². The average Bonchev–Trinajstić information content (AvgIpc) is 3.38. The van der Waals surface area contributed by atoms with Crippen LogP contribution in [0.3, 0.4) is 0 Å². The summed E-state index contributed by atoms with van der Waals surface area (Å²) < 4.78 is 16.9. The largest absolute Gasteiger partial charge is 0.462 e. The highest BCUT2D eigenvalue weighted by molar-refractivity contribution is 5.71. The van der Waals surface area contributed by atoms with Crippen LogP contribution >= 0.6 is 0 Å². The molecule has 0 radical (unpaired) electrons. The normalized spacial score (nSPS) is 12.4. The average molecular weight is 1010 g/mol. The first-order valence-electron chi connectivity index (χ1n) is 31.3. The summed E-state index contributed by atoms with van der Waals surface area (Å²) in [6, 6.07) is 0. The summed E-state index contributed by atoms with van der Waals surface area (Å²) in [5, 5.41) is 0. The third-order valence-corrected chi connectivity index (χ3v) is 13.7. The van der Waals surface area contributed by atoms with Gasteiger partial charge in [0.25, 0.3) is 0 Å². The molecular formula is C66H118O6. The zero-order valence-electron chi connectivity index (χ0n) is 47.9. The predicted molar refractivity (Wildman–Crippen MR) is 312 cm³/mol. The van der Waals surface area contributed by atoms with Crippen molar-refractivity contribution in [3.8, 4) is 0 Å². The van der Waals surface area contributed by atoms with E-state index in [4.69, 9.17) is 14.2 Å². The molecule has 0 bridgehead atoms. The van der Waals surface area contributed by atoms with Gasteiger partial charge in [0.15, 0.2) is 6.10 Å². The minimum atomic E-state index is -0.779. The maximum atomic E-state index is 12.8. The smallest absolute Gasteiger partial charge is 0.306 e. The molecular weight excluding hydrogens is 889 g/mol. The Morgan fingerprint density at radius 2 is 0.528 bits per heavy atom. The molecule has 0 heterocycles. The molecule has 0 aliphatic rings. The van der Waals surface area contributed by atoms with E-state index in [9.17, 15) is 14.4 Å². The number of hydrogen-bond acceptors (Lipinski definition) is 6. The minimum absolute atomic E-state index is 0.0765. The van der Waals surface area contributed by atoms with Gasteiger partial charge in [0.1, 0.15) is 13.2 Å². The molecule has 0 rings (SSSR count). The van der Waals surface area contributed by atoms with E-state index in [0.29, 0.717) is 19.3 Å². The van der Waals surface area contributed by atoms with E-state index in [-0.39, 0.29) is 31.1 Å². The van der Waals surface area contributed by atoms with Crippen LogP contribution in [0.5, 0.6) is 0 Å². The van der Waals surface area contributed by atoms with E-state index >= 15 is 0 Å². The summed E-state index contributed by atoms with van der Waals surface area (Å²) in [6.45, 7) is 6.58. The molecule has 0 spiro atoms. The first kappa shape index (κ1) is 69.1. The van der Waals surface area contributed by atoms with Crippen molar-refractivity contribution in [3.63, 3.8) is 0 Å². The summed E-state index contributed by atoms with van der Waals surface area (Å²) in [5.41, 5.74) is 0. The Balaban J connectivity index is 4.16. The third-order valence-electron chi connectivity index (χ3n) is 13.7. The molecule has 0 N–H and O–H groups in total. The van der Waals surface area contributed by atoms with Crippen LogP contribution in [0.15, 0.2) is 60.8 Å². The second-order valence-corrected chi connectivity index (χ2v) is 21.0. The van der Waals surface area contributed by atoms with Gasteiger partial charge in [-0.25, -0.2) is 0 Å². The van der Waals surface area contributed by atoms with Gasteiger partial charge in [-0.3, -0.25) is 14.4 Å². The highest BCUT2D eigenvalue weighted by Gasteiger charge is 2.19. The van der Waals surface area contributed by atoms with Crippen molar-refractivity contribution >= 4 is 17.9 Å². The van der Waals surface area contributed by atoms with Gasteiger partial charge >= 0.3 is 17.9 Å². The van der Waals surface area contributed by atoms with Crippen molar-refractivity contribution in [1.29, 1.82) is 0 Å². The molecule has 0 aliphatic carbocycles. The van der Waals surface area contributed by atoms with E-state index < -0.39 is 6.10 Å². The highest BCUT2D eigenvalue weighted by atomic mass is 16.6. The Kier molecular flexibility index (Phi) is 58.2. The number of unbranched alkanes of at least 4 members (excludes halogenated alkanes) is 36.